The van der Waals surface area contributed by atoms with Crippen molar-refractivity contribution in [3.8, 4) is 28.0 Å². The number of carbonyl (C=O) groups excluding carboxylic acids is 1. The number of rotatable bonds is 9. The fourth-order valence-electron chi connectivity index (χ4n) is 4.69. The largest absolute Gasteiger partial charge is 0.496 e. The van der Waals surface area contributed by atoms with Gasteiger partial charge in [0.05, 0.1) is 19.2 Å². The average Bonchev–Trinajstić information content (AvgIpc) is 3.15. The lowest BCUT2D eigenvalue weighted by Gasteiger charge is -2.15. The summed E-state index contributed by atoms with van der Waals surface area (Å²) >= 11 is 0. The third-order valence-electron chi connectivity index (χ3n) is 6.45. The molecule has 0 radical (unpaired) electrons. The number of para-hydroxylation sites is 1. The molecule has 1 aromatic heterocycles. The van der Waals surface area contributed by atoms with Gasteiger partial charge in [-0.25, -0.2) is 0 Å². The molecule has 4 heteroatoms. The topological polar surface area (TPSA) is 57.2 Å². The predicted molar refractivity (Wildman–Crippen MR) is 139 cm³/mol. The molecule has 3 aromatic carbocycles. The van der Waals surface area contributed by atoms with E-state index in [4.69, 9.17) is 10.5 Å². The van der Waals surface area contributed by atoms with Gasteiger partial charge in [0, 0.05) is 22.5 Å². The molecule has 1 amide bonds. The minimum absolute atomic E-state index is 0.392. The van der Waals surface area contributed by atoms with Gasteiger partial charge in [0.2, 0.25) is 0 Å². The van der Waals surface area contributed by atoms with Crippen molar-refractivity contribution in [2.24, 2.45) is 5.73 Å². The molecule has 0 bridgehead atoms. The van der Waals surface area contributed by atoms with Crippen molar-refractivity contribution >= 4 is 5.91 Å². The van der Waals surface area contributed by atoms with Gasteiger partial charge in [0.1, 0.15) is 5.75 Å². The number of hydrogen-bond donors (Lipinski definition) is 1. The van der Waals surface area contributed by atoms with Gasteiger partial charge in [-0.15, -0.1) is 0 Å². The third-order valence-corrected chi connectivity index (χ3v) is 6.45. The summed E-state index contributed by atoms with van der Waals surface area (Å²) in [7, 11) is 1.69. The van der Waals surface area contributed by atoms with Crippen molar-refractivity contribution in [2.75, 3.05) is 7.11 Å². The summed E-state index contributed by atoms with van der Waals surface area (Å²) in [5.41, 5.74) is 14.0. The van der Waals surface area contributed by atoms with Crippen LogP contribution in [0.15, 0.2) is 78.9 Å². The van der Waals surface area contributed by atoms with Crippen LogP contribution in [0.25, 0.3) is 22.3 Å². The highest BCUT2D eigenvalue weighted by Gasteiger charge is 2.25. The molecule has 0 aliphatic rings. The van der Waals surface area contributed by atoms with E-state index in [1.807, 2.05) is 43.3 Å². The minimum atomic E-state index is -0.392. The molecule has 0 fully saturated rings. The fraction of sp³-hybridized carbons (Fsp3) is 0.233. The highest BCUT2D eigenvalue weighted by molar-refractivity contribution is 6.02. The molecule has 0 unspecified atom stereocenters. The first-order valence-corrected chi connectivity index (χ1v) is 11.8. The van der Waals surface area contributed by atoms with Crippen LogP contribution < -0.4 is 10.5 Å². The maximum Gasteiger partial charge on any atom is 0.251 e. The van der Waals surface area contributed by atoms with E-state index in [0.717, 1.165) is 58.7 Å². The molecule has 2 N–H and O–H groups in total. The van der Waals surface area contributed by atoms with Gasteiger partial charge in [0.25, 0.3) is 5.91 Å². The second-order valence-corrected chi connectivity index (χ2v) is 8.59. The number of nitrogens with two attached hydrogens (primary N) is 1. The molecular formula is C30H32N2O2. The van der Waals surface area contributed by atoms with Crippen molar-refractivity contribution in [1.82, 2.24) is 4.57 Å². The molecule has 0 atom stereocenters. The number of benzene rings is 3. The summed E-state index contributed by atoms with van der Waals surface area (Å²) in [6.07, 6.45) is 2.97. The number of nitrogens with zero attached hydrogens (tertiary/aromatic N) is 1. The summed E-state index contributed by atoms with van der Waals surface area (Å²) in [6.45, 7) is 4.80. The summed E-state index contributed by atoms with van der Waals surface area (Å²) in [4.78, 5) is 12.7. The van der Waals surface area contributed by atoms with Crippen molar-refractivity contribution in [3.05, 3.63) is 101 Å². The summed E-state index contributed by atoms with van der Waals surface area (Å²) in [5.74, 6) is 0.447. The first-order chi connectivity index (χ1) is 16.5. The van der Waals surface area contributed by atoms with Gasteiger partial charge < -0.3 is 15.0 Å². The Hall–Kier alpha value is -3.79. The molecule has 174 valence electrons. The SMILES string of the molecule is CCCCc1c(-c2ccc(-c3ccccc3)cc2)c(C(N)=O)c(C)n1Cc1ccccc1OC. The van der Waals surface area contributed by atoms with E-state index in [1.165, 1.54) is 5.56 Å². The second-order valence-electron chi connectivity index (χ2n) is 8.59. The Kier molecular flexibility index (Phi) is 7.17. The molecule has 4 aromatic rings. The van der Waals surface area contributed by atoms with Crippen LogP contribution in [0.2, 0.25) is 0 Å². The second kappa shape index (κ2) is 10.4. The minimum Gasteiger partial charge on any atom is -0.496 e. The Labute approximate surface area is 202 Å². The monoisotopic (exact) mass is 452 g/mol. The van der Waals surface area contributed by atoms with E-state index < -0.39 is 5.91 Å². The number of amides is 1. The molecule has 34 heavy (non-hydrogen) atoms. The van der Waals surface area contributed by atoms with Crippen LogP contribution in [0.5, 0.6) is 5.75 Å². The first kappa shape index (κ1) is 23.4. The molecule has 0 aliphatic carbocycles. The molecule has 4 nitrogen and oxygen atoms in total. The highest BCUT2D eigenvalue weighted by Crippen LogP contribution is 2.36. The lowest BCUT2D eigenvalue weighted by Crippen LogP contribution is -2.13. The van der Waals surface area contributed by atoms with Gasteiger partial charge in [-0.1, -0.05) is 86.1 Å². The van der Waals surface area contributed by atoms with Gasteiger partial charge >= 0.3 is 0 Å². The lowest BCUT2D eigenvalue weighted by molar-refractivity contribution is 0.1000. The molecule has 0 saturated carbocycles. The zero-order valence-corrected chi connectivity index (χ0v) is 20.2. The zero-order valence-electron chi connectivity index (χ0n) is 20.2. The maximum absolute atomic E-state index is 12.7. The number of carbonyl (C=O) groups is 1. The molecule has 0 aliphatic heterocycles. The number of hydrogen-bond acceptors (Lipinski definition) is 2. The zero-order chi connectivity index (χ0) is 24.1. The van der Waals surface area contributed by atoms with Crippen molar-refractivity contribution in [3.63, 3.8) is 0 Å². The molecular weight excluding hydrogens is 420 g/mol. The Bertz CT molecular complexity index is 1270. The van der Waals surface area contributed by atoms with Gasteiger partial charge in [-0.3, -0.25) is 4.79 Å². The number of primary amides is 1. The van der Waals surface area contributed by atoms with E-state index in [0.29, 0.717) is 12.1 Å². The van der Waals surface area contributed by atoms with E-state index in [-0.39, 0.29) is 0 Å². The van der Waals surface area contributed by atoms with E-state index in [1.54, 1.807) is 7.11 Å². The van der Waals surface area contributed by atoms with Crippen LogP contribution in [-0.2, 0) is 13.0 Å². The quantitative estimate of drug-likeness (QED) is 0.310. The van der Waals surface area contributed by atoms with Gasteiger partial charge in [0.15, 0.2) is 0 Å². The van der Waals surface area contributed by atoms with Crippen LogP contribution in [-0.4, -0.2) is 17.6 Å². The van der Waals surface area contributed by atoms with Crippen LogP contribution in [0.3, 0.4) is 0 Å². The Morgan fingerprint density at radius 2 is 1.50 bits per heavy atom. The van der Waals surface area contributed by atoms with Crippen LogP contribution in [0.1, 0.15) is 47.1 Å². The van der Waals surface area contributed by atoms with Crippen molar-refractivity contribution in [2.45, 2.75) is 39.7 Å². The smallest absolute Gasteiger partial charge is 0.251 e. The molecule has 0 spiro atoms. The number of ether oxygens (including phenoxy) is 1. The number of unbranched alkanes of at least 4 members (excludes halogenated alkanes) is 1. The fourth-order valence-corrected chi connectivity index (χ4v) is 4.69. The first-order valence-electron chi connectivity index (χ1n) is 11.8. The molecule has 1 heterocycles. The lowest BCUT2D eigenvalue weighted by atomic mass is 9.95. The summed E-state index contributed by atoms with van der Waals surface area (Å²) < 4.78 is 7.84. The van der Waals surface area contributed by atoms with E-state index >= 15 is 0 Å². The van der Waals surface area contributed by atoms with Crippen LogP contribution in [0.4, 0.5) is 0 Å². The Balaban J connectivity index is 1.86. The van der Waals surface area contributed by atoms with Crippen LogP contribution in [0, 0.1) is 6.92 Å². The standard InChI is InChI=1S/C30H32N2O2/c1-4-5-14-26-29(24-18-16-23(17-19-24)22-11-7-6-8-12-22)28(30(31)33)21(2)32(26)20-25-13-9-10-15-27(25)34-3/h6-13,15-19H,4-5,14,20H2,1-3H3,(H2,31,33). The summed E-state index contributed by atoms with van der Waals surface area (Å²) in [5, 5.41) is 0. The Morgan fingerprint density at radius 1 is 0.882 bits per heavy atom. The van der Waals surface area contributed by atoms with E-state index in [2.05, 4.69) is 54.0 Å². The maximum atomic E-state index is 12.7. The average molecular weight is 453 g/mol. The third kappa shape index (κ3) is 4.62. The van der Waals surface area contributed by atoms with Gasteiger partial charge in [-0.05, 0) is 42.5 Å². The summed E-state index contributed by atoms with van der Waals surface area (Å²) in [6, 6.07) is 26.8. The molecule has 0 saturated heterocycles. The normalized spacial score (nSPS) is 10.9. The van der Waals surface area contributed by atoms with Crippen LogP contribution >= 0.6 is 0 Å². The molecule has 4 rings (SSSR count). The number of aromatic nitrogens is 1. The highest BCUT2D eigenvalue weighted by atomic mass is 16.5. The van der Waals surface area contributed by atoms with Crippen molar-refractivity contribution < 1.29 is 9.53 Å². The number of methoxy groups -OCH3 is 1. The Morgan fingerprint density at radius 3 is 2.15 bits per heavy atom. The predicted octanol–water partition coefficient (Wildman–Crippen LogP) is 6.63. The van der Waals surface area contributed by atoms with Gasteiger partial charge in [-0.2, -0.15) is 0 Å². The van der Waals surface area contributed by atoms with Crippen molar-refractivity contribution in [1.29, 1.82) is 0 Å². The van der Waals surface area contributed by atoms with E-state index in [9.17, 15) is 4.79 Å².